The molecule has 0 aliphatic heterocycles. The molecule has 0 spiro atoms. The summed E-state index contributed by atoms with van der Waals surface area (Å²) in [6.07, 6.45) is 2.06. The van der Waals surface area contributed by atoms with Crippen molar-refractivity contribution in [3.8, 4) is 5.75 Å². The van der Waals surface area contributed by atoms with Crippen LogP contribution >= 0.6 is 12.4 Å². The number of nitrogens with zero attached hydrogens (tertiary/aromatic N) is 1. The van der Waals surface area contributed by atoms with Crippen LogP contribution in [0.2, 0.25) is 0 Å². The summed E-state index contributed by atoms with van der Waals surface area (Å²) in [7, 11) is 0. The number of benzene rings is 2. The van der Waals surface area contributed by atoms with E-state index in [0.29, 0.717) is 32.7 Å². The van der Waals surface area contributed by atoms with Crippen molar-refractivity contribution in [2.75, 3.05) is 19.7 Å². The van der Waals surface area contributed by atoms with E-state index < -0.39 is 0 Å². The van der Waals surface area contributed by atoms with Gasteiger partial charge in [-0.3, -0.25) is 4.79 Å². The molecule has 0 fully saturated rings. The highest BCUT2D eigenvalue weighted by Gasteiger charge is 2.13. The fraction of sp³-hybridized carbons (Fsp3) is 0.381. The summed E-state index contributed by atoms with van der Waals surface area (Å²) in [4.78, 5) is 14.6. The number of amides is 1. The summed E-state index contributed by atoms with van der Waals surface area (Å²) in [5.41, 5.74) is 7.92. The van der Waals surface area contributed by atoms with Crippen molar-refractivity contribution >= 4 is 18.3 Å². The Morgan fingerprint density at radius 1 is 1.04 bits per heavy atom. The predicted molar refractivity (Wildman–Crippen MR) is 109 cm³/mol. The van der Waals surface area contributed by atoms with E-state index in [2.05, 4.69) is 12.1 Å². The van der Waals surface area contributed by atoms with Crippen LogP contribution < -0.4 is 10.5 Å². The average Bonchev–Trinajstić information content (AvgIpc) is 2.65. The fourth-order valence-electron chi connectivity index (χ4n) is 2.71. The van der Waals surface area contributed by atoms with Gasteiger partial charge in [0.2, 0.25) is 5.91 Å². The normalized spacial score (nSPS) is 10.1. The van der Waals surface area contributed by atoms with E-state index in [1.807, 2.05) is 54.3 Å². The first kappa shape index (κ1) is 22.0. The highest BCUT2D eigenvalue weighted by molar-refractivity contribution is 5.85. The van der Waals surface area contributed by atoms with Crippen LogP contribution in [-0.4, -0.2) is 30.5 Å². The molecule has 2 rings (SSSR count). The van der Waals surface area contributed by atoms with Gasteiger partial charge in [0.05, 0.1) is 6.61 Å². The zero-order chi connectivity index (χ0) is 17.9. The largest absolute Gasteiger partial charge is 0.494 e. The smallest absolute Gasteiger partial charge is 0.223 e. The topological polar surface area (TPSA) is 55.6 Å². The van der Waals surface area contributed by atoms with Gasteiger partial charge in [0.1, 0.15) is 5.75 Å². The summed E-state index contributed by atoms with van der Waals surface area (Å²) >= 11 is 0. The number of carbonyl (C=O) groups is 1. The minimum absolute atomic E-state index is 0. The fourth-order valence-corrected chi connectivity index (χ4v) is 2.71. The van der Waals surface area contributed by atoms with Crippen molar-refractivity contribution in [3.05, 3.63) is 65.7 Å². The van der Waals surface area contributed by atoms with Gasteiger partial charge in [-0.2, -0.15) is 0 Å². The molecule has 1 amide bonds. The molecule has 0 aliphatic rings. The third kappa shape index (κ3) is 7.46. The zero-order valence-electron chi connectivity index (χ0n) is 15.4. The summed E-state index contributed by atoms with van der Waals surface area (Å²) in [6, 6.07) is 18.1. The second-order valence-electron chi connectivity index (χ2n) is 6.02. The number of ether oxygens (including phenoxy) is 1. The molecule has 0 atom stereocenters. The molecule has 26 heavy (non-hydrogen) atoms. The molecule has 0 bridgehead atoms. The van der Waals surface area contributed by atoms with Crippen LogP contribution in [0.1, 0.15) is 30.9 Å². The number of hydrogen-bond acceptors (Lipinski definition) is 3. The van der Waals surface area contributed by atoms with Crippen LogP contribution in [0.15, 0.2) is 54.6 Å². The first-order valence-corrected chi connectivity index (χ1v) is 8.96. The van der Waals surface area contributed by atoms with Crippen LogP contribution in [-0.2, 0) is 17.8 Å². The Bertz CT molecular complexity index is 632. The molecule has 142 valence electrons. The lowest BCUT2D eigenvalue weighted by Gasteiger charge is -2.23. The first-order chi connectivity index (χ1) is 12.2. The molecular weight excluding hydrogens is 348 g/mol. The molecule has 0 saturated heterocycles. The van der Waals surface area contributed by atoms with Crippen LogP contribution in [0.3, 0.4) is 0 Å². The number of halogens is 1. The molecule has 4 nitrogen and oxygen atoms in total. The molecule has 2 aromatic carbocycles. The van der Waals surface area contributed by atoms with E-state index in [4.69, 9.17) is 10.5 Å². The van der Waals surface area contributed by atoms with E-state index in [-0.39, 0.29) is 18.3 Å². The van der Waals surface area contributed by atoms with Gasteiger partial charge in [0.25, 0.3) is 0 Å². The number of rotatable bonds is 10. The molecule has 0 unspecified atom stereocenters. The Kier molecular flexibility index (Phi) is 10.4. The average molecular weight is 377 g/mol. The second kappa shape index (κ2) is 12.3. The van der Waals surface area contributed by atoms with Gasteiger partial charge in [0, 0.05) is 19.5 Å². The molecule has 0 heterocycles. The Morgan fingerprint density at radius 2 is 1.73 bits per heavy atom. The Balaban J connectivity index is 0.00000338. The maximum Gasteiger partial charge on any atom is 0.223 e. The number of aryl methyl sites for hydroxylation is 1. The molecule has 0 aromatic heterocycles. The monoisotopic (exact) mass is 376 g/mol. The van der Waals surface area contributed by atoms with Gasteiger partial charge in [-0.05, 0) is 49.6 Å². The lowest BCUT2D eigenvalue weighted by molar-refractivity contribution is -0.131. The molecule has 0 radical (unpaired) electrons. The molecule has 0 saturated carbocycles. The van der Waals surface area contributed by atoms with Gasteiger partial charge in [0.15, 0.2) is 0 Å². The Labute approximate surface area is 162 Å². The van der Waals surface area contributed by atoms with Crippen molar-refractivity contribution < 1.29 is 9.53 Å². The number of carbonyl (C=O) groups excluding carboxylic acids is 1. The Morgan fingerprint density at radius 3 is 2.35 bits per heavy atom. The van der Waals surface area contributed by atoms with Gasteiger partial charge < -0.3 is 15.4 Å². The minimum atomic E-state index is 0. The van der Waals surface area contributed by atoms with E-state index in [1.165, 1.54) is 0 Å². The van der Waals surface area contributed by atoms with Crippen molar-refractivity contribution in [3.63, 3.8) is 0 Å². The lowest BCUT2D eigenvalue weighted by atomic mass is 10.1. The summed E-state index contributed by atoms with van der Waals surface area (Å²) in [5.74, 6) is 1.04. The SMILES string of the molecule is CCOc1ccc(CCC(=O)N(CCCN)Cc2ccccc2)cc1.Cl. The van der Waals surface area contributed by atoms with Crippen LogP contribution in [0.5, 0.6) is 5.75 Å². The standard InChI is InChI=1S/C21H28N2O2.ClH/c1-2-25-20-12-9-18(10-13-20)11-14-21(24)23(16-6-15-22)17-19-7-4-3-5-8-19;/h3-5,7-10,12-13H,2,6,11,14-17,22H2,1H3;1H. The number of nitrogens with two attached hydrogens (primary N) is 1. The van der Waals surface area contributed by atoms with Crippen molar-refractivity contribution in [2.45, 2.75) is 32.7 Å². The van der Waals surface area contributed by atoms with Gasteiger partial charge in [-0.15, -0.1) is 12.4 Å². The highest BCUT2D eigenvalue weighted by atomic mass is 35.5. The van der Waals surface area contributed by atoms with Gasteiger partial charge in [-0.1, -0.05) is 42.5 Å². The van der Waals surface area contributed by atoms with Crippen molar-refractivity contribution in [1.29, 1.82) is 0 Å². The first-order valence-electron chi connectivity index (χ1n) is 8.96. The van der Waals surface area contributed by atoms with Crippen LogP contribution in [0.25, 0.3) is 0 Å². The summed E-state index contributed by atoms with van der Waals surface area (Å²) < 4.78 is 5.45. The third-order valence-electron chi connectivity index (χ3n) is 4.06. The van der Waals surface area contributed by atoms with E-state index >= 15 is 0 Å². The maximum absolute atomic E-state index is 12.7. The molecular formula is C21H29ClN2O2. The Hall–Kier alpha value is -2.04. The second-order valence-corrected chi connectivity index (χ2v) is 6.02. The highest BCUT2D eigenvalue weighted by Crippen LogP contribution is 2.14. The van der Waals surface area contributed by atoms with Crippen LogP contribution in [0, 0.1) is 0 Å². The van der Waals surface area contributed by atoms with Crippen LogP contribution in [0.4, 0.5) is 0 Å². The van der Waals surface area contributed by atoms with E-state index in [0.717, 1.165) is 29.7 Å². The van der Waals surface area contributed by atoms with Gasteiger partial charge in [-0.25, -0.2) is 0 Å². The third-order valence-corrected chi connectivity index (χ3v) is 4.06. The molecule has 0 aliphatic carbocycles. The summed E-state index contributed by atoms with van der Waals surface area (Å²) in [5, 5.41) is 0. The molecule has 5 heteroatoms. The van der Waals surface area contributed by atoms with Crippen molar-refractivity contribution in [2.24, 2.45) is 5.73 Å². The summed E-state index contributed by atoms with van der Waals surface area (Å²) in [6.45, 7) is 4.57. The molecule has 2 aromatic rings. The molecule has 2 N–H and O–H groups in total. The van der Waals surface area contributed by atoms with Crippen molar-refractivity contribution in [1.82, 2.24) is 4.90 Å². The lowest BCUT2D eigenvalue weighted by Crippen LogP contribution is -2.32. The van der Waals surface area contributed by atoms with E-state index in [1.54, 1.807) is 0 Å². The minimum Gasteiger partial charge on any atom is -0.494 e. The van der Waals surface area contributed by atoms with E-state index in [9.17, 15) is 4.79 Å². The van der Waals surface area contributed by atoms with Gasteiger partial charge >= 0.3 is 0 Å². The zero-order valence-corrected chi connectivity index (χ0v) is 16.2. The number of hydrogen-bond donors (Lipinski definition) is 1. The predicted octanol–water partition coefficient (Wildman–Crippen LogP) is 3.82. The quantitative estimate of drug-likeness (QED) is 0.685. The maximum atomic E-state index is 12.7.